The summed E-state index contributed by atoms with van der Waals surface area (Å²) < 4.78 is 32.8. The Bertz CT molecular complexity index is 1190. The Morgan fingerprint density at radius 3 is 1.52 bits per heavy atom. The molecule has 2 rings (SSSR count). The lowest BCUT2D eigenvalue weighted by Crippen LogP contribution is -2.19. The Labute approximate surface area is 192 Å². The van der Waals surface area contributed by atoms with Crippen LogP contribution < -0.4 is 11.5 Å². The number of carbonyl (C=O) groups excluding carboxylic acids is 2. The van der Waals surface area contributed by atoms with Gasteiger partial charge in [0.05, 0.1) is 32.5 Å². The molecule has 4 N–H and O–H groups in total. The summed E-state index contributed by atoms with van der Waals surface area (Å²) in [5.74, 6) is -6.32. The summed E-state index contributed by atoms with van der Waals surface area (Å²) in [6.07, 6.45) is 0. The third kappa shape index (κ3) is 6.27. The average Bonchev–Trinajstić information content (AvgIpc) is 2.78. The molecule has 0 aliphatic rings. The van der Waals surface area contributed by atoms with E-state index in [-0.39, 0.29) is 21.2 Å². The van der Waals surface area contributed by atoms with E-state index in [0.717, 1.165) is 36.4 Å². The molecule has 11 nitrogen and oxygen atoms in total. The highest BCUT2D eigenvalue weighted by molar-refractivity contribution is 6.35. The van der Waals surface area contributed by atoms with Crippen molar-refractivity contribution in [2.24, 2.45) is 10.3 Å². The van der Waals surface area contributed by atoms with E-state index in [2.05, 4.69) is 20.0 Å². The van der Waals surface area contributed by atoms with E-state index in [4.69, 9.17) is 49.9 Å². The summed E-state index contributed by atoms with van der Waals surface area (Å²) in [4.78, 5) is 31.1. The number of nitrogen functional groups attached to an aromatic ring is 2. The second kappa shape index (κ2) is 10.7. The van der Waals surface area contributed by atoms with Crippen LogP contribution in [0.25, 0.3) is 0 Å². The lowest BCUT2D eigenvalue weighted by molar-refractivity contribution is -0.137. The molecule has 0 fully saturated rings. The standard InChI is InChI=1S/C18H8Cl2F2N6O5/c19-9-3-11(21)13(25)1-7(9)17(27-32-15(29)5-23)31-18(28-33-16(30)6-24)8-2-14(26)12(22)4-10(8)20/h1-4H,25-26H2. The van der Waals surface area contributed by atoms with Gasteiger partial charge in [0.1, 0.15) is 11.6 Å². The van der Waals surface area contributed by atoms with Crippen molar-refractivity contribution in [3.63, 3.8) is 0 Å². The summed E-state index contributed by atoms with van der Waals surface area (Å²) >= 11 is 12.0. The SMILES string of the molecule is N#CC(=O)ON=C(OC(=NOC(=O)C#N)c1cc(N)c(F)cc1Cl)c1cc(N)c(F)cc1Cl. The van der Waals surface area contributed by atoms with Gasteiger partial charge in [-0.2, -0.15) is 10.5 Å². The number of hydrogen-bond donors (Lipinski definition) is 2. The number of carbonyl (C=O) groups is 2. The Balaban J connectivity index is 2.67. The lowest BCUT2D eigenvalue weighted by Gasteiger charge is -2.13. The minimum atomic E-state index is -1.49. The fourth-order valence-electron chi connectivity index (χ4n) is 2.00. The molecule has 0 saturated heterocycles. The molecule has 0 atom stereocenters. The zero-order valence-electron chi connectivity index (χ0n) is 15.8. The van der Waals surface area contributed by atoms with Crippen molar-refractivity contribution in [1.29, 1.82) is 10.5 Å². The summed E-state index contributed by atoms with van der Waals surface area (Å²) in [6, 6.07) is 5.61. The van der Waals surface area contributed by atoms with Crippen LogP contribution in [0.5, 0.6) is 0 Å². The van der Waals surface area contributed by atoms with Crippen molar-refractivity contribution in [3.05, 3.63) is 57.1 Å². The van der Waals surface area contributed by atoms with E-state index >= 15 is 0 Å². The van der Waals surface area contributed by atoms with Crippen molar-refractivity contribution in [2.45, 2.75) is 0 Å². The molecular weight excluding hydrogens is 489 g/mol. The molecule has 0 amide bonds. The predicted molar refractivity (Wildman–Crippen MR) is 109 cm³/mol. The topological polar surface area (TPSA) is 186 Å². The van der Waals surface area contributed by atoms with Crippen molar-refractivity contribution >= 4 is 58.3 Å². The Hall–Kier alpha value is -4.46. The zero-order valence-corrected chi connectivity index (χ0v) is 17.3. The highest BCUT2D eigenvalue weighted by atomic mass is 35.5. The van der Waals surface area contributed by atoms with Gasteiger partial charge in [-0.25, -0.2) is 18.4 Å². The number of nitrogens with two attached hydrogens (primary N) is 2. The highest BCUT2D eigenvalue weighted by Crippen LogP contribution is 2.27. The number of oxime groups is 2. The maximum Gasteiger partial charge on any atom is 0.437 e. The first-order valence-electron chi connectivity index (χ1n) is 8.13. The highest BCUT2D eigenvalue weighted by Gasteiger charge is 2.22. The number of ether oxygens (including phenoxy) is 1. The number of rotatable bonds is 4. The summed E-state index contributed by atoms with van der Waals surface area (Å²) in [6.45, 7) is 0. The molecule has 15 heteroatoms. The molecule has 0 spiro atoms. The van der Waals surface area contributed by atoms with E-state index < -0.39 is 46.7 Å². The maximum absolute atomic E-state index is 13.7. The van der Waals surface area contributed by atoms with Gasteiger partial charge in [-0.05, 0) is 34.6 Å². The molecule has 0 saturated carbocycles. The molecule has 0 aromatic heterocycles. The van der Waals surface area contributed by atoms with Crippen LogP contribution in [-0.2, 0) is 24.0 Å². The number of anilines is 2. The van der Waals surface area contributed by atoms with E-state index in [9.17, 15) is 18.4 Å². The number of hydrogen-bond acceptors (Lipinski definition) is 11. The van der Waals surface area contributed by atoms with Crippen molar-refractivity contribution in [2.75, 3.05) is 11.5 Å². The first-order chi connectivity index (χ1) is 15.6. The molecular formula is C18H8Cl2F2N6O5. The second-order valence-corrected chi connectivity index (χ2v) is 6.40. The fourth-order valence-corrected chi connectivity index (χ4v) is 2.47. The minimum Gasteiger partial charge on any atom is -0.413 e. The fraction of sp³-hybridized carbons (Fsp3) is 0. The molecule has 0 aliphatic carbocycles. The number of benzene rings is 2. The van der Waals surface area contributed by atoms with Crippen LogP contribution in [-0.4, -0.2) is 23.7 Å². The van der Waals surface area contributed by atoms with Crippen molar-refractivity contribution in [1.82, 2.24) is 0 Å². The molecule has 33 heavy (non-hydrogen) atoms. The van der Waals surface area contributed by atoms with Gasteiger partial charge in [0.2, 0.25) is 0 Å². The zero-order chi connectivity index (χ0) is 24.7. The van der Waals surface area contributed by atoms with E-state index in [1.807, 2.05) is 0 Å². The number of nitriles is 2. The predicted octanol–water partition coefficient (Wildman–Crippen LogP) is 2.61. The molecule has 0 unspecified atom stereocenters. The van der Waals surface area contributed by atoms with Crippen LogP contribution in [0.4, 0.5) is 20.2 Å². The van der Waals surface area contributed by atoms with Gasteiger partial charge in [-0.3, -0.25) is 9.68 Å². The third-order valence-corrected chi connectivity index (χ3v) is 4.06. The monoisotopic (exact) mass is 496 g/mol. The molecule has 2 aromatic rings. The van der Waals surface area contributed by atoms with Crippen LogP contribution in [0, 0.1) is 34.3 Å². The van der Waals surface area contributed by atoms with Gasteiger partial charge >= 0.3 is 11.9 Å². The third-order valence-electron chi connectivity index (χ3n) is 3.43. The van der Waals surface area contributed by atoms with Gasteiger partial charge < -0.3 is 16.2 Å². The van der Waals surface area contributed by atoms with Crippen LogP contribution in [0.15, 0.2) is 34.6 Å². The molecule has 0 bridgehead atoms. The minimum absolute atomic E-state index is 0.285. The Kier molecular flexibility index (Phi) is 8.06. The van der Waals surface area contributed by atoms with E-state index in [1.165, 1.54) is 0 Å². The van der Waals surface area contributed by atoms with Gasteiger partial charge in [0, 0.05) is 0 Å². The number of nitrogens with zero attached hydrogens (tertiary/aromatic N) is 4. The summed E-state index contributed by atoms with van der Waals surface area (Å²) in [5.41, 5.74) is 9.58. The lowest BCUT2D eigenvalue weighted by atomic mass is 10.1. The number of halogens is 4. The van der Waals surface area contributed by atoms with Crippen LogP contribution >= 0.6 is 23.2 Å². The normalized spacial score (nSPS) is 11.2. The van der Waals surface area contributed by atoms with Crippen LogP contribution in [0.3, 0.4) is 0 Å². The van der Waals surface area contributed by atoms with Gasteiger partial charge in [0.25, 0.3) is 11.8 Å². The summed E-state index contributed by atoms with van der Waals surface area (Å²) in [7, 11) is 0. The van der Waals surface area contributed by atoms with Crippen LogP contribution in [0.1, 0.15) is 11.1 Å². The Morgan fingerprint density at radius 1 is 0.818 bits per heavy atom. The first-order valence-corrected chi connectivity index (χ1v) is 8.88. The van der Waals surface area contributed by atoms with Crippen molar-refractivity contribution < 1.29 is 32.8 Å². The van der Waals surface area contributed by atoms with E-state index in [0.29, 0.717) is 0 Å². The molecule has 2 aromatic carbocycles. The second-order valence-electron chi connectivity index (χ2n) is 5.58. The Morgan fingerprint density at radius 2 is 1.18 bits per heavy atom. The smallest absolute Gasteiger partial charge is 0.413 e. The molecule has 168 valence electrons. The van der Waals surface area contributed by atoms with Gasteiger partial charge in [0.15, 0.2) is 12.1 Å². The van der Waals surface area contributed by atoms with E-state index in [1.54, 1.807) is 0 Å². The van der Waals surface area contributed by atoms with Crippen molar-refractivity contribution in [3.8, 4) is 12.1 Å². The largest absolute Gasteiger partial charge is 0.437 e. The molecule has 0 radical (unpaired) electrons. The van der Waals surface area contributed by atoms with Gasteiger partial charge in [-0.1, -0.05) is 23.2 Å². The molecule has 0 aliphatic heterocycles. The summed E-state index contributed by atoms with van der Waals surface area (Å²) in [5, 5.41) is 23.0. The maximum atomic E-state index is 13.7. The molecule has 0 heterocycles. The quantitative estimate of drug-likeness (QED) is 0.160. The first kappa shape index (κ1) is 24.8. The van der Waals surface area contributed by atoms with Crippen LogP contribution in [0.2, 0.25) is 10.0 Å². The average molecular weight is 497 g/mol. The van der Waals surface area contributed by atoms with Gasteiger partial charge in [-0.15, -0.1) is 0 Å².